The van der Waals surface area contributed by atoms with Gasteiger partial charge in [-0.3, -0.25) is 9.59 Å². The molecule has 0 aromatic carbocycles. The Morgan fingerprint density at radius 1 is 1.56 bits per heavy atom. The van der Waals surface area contributed by atoms with Crippen LogP contribution in [0.4, 0.5) is 0 Å². The number of hydrogen-bond acceptors (Lipinski definition) is 4. The Morgan fingerprint density at radius 2 is 2.19 bits per heavy atom. The van der Waals surface area contributed by atoms with Crippen LogP contribution in [0.15, 0.2) is 4.79 Å². The maximum Gasteiger partial charge on any atom is 0.285 e. The number of nitrogens with zero attached hydrogens (tertiary/aromatic N) is 3. The molecular formula is C10H12N4O2. The van der Waals surface area contributed by atoms with E-state index in [1.807, 2.05) is 6.07 Å². The van der Waals surface area contributed by atoms with Crippen molar-refractivity contribution >= 4 is 5.91 Å². The summed E-state index contributed by atoms with van der Waals surface area (Å²) >= 11 is 0. The molecule has 0 fully saturated rings. The molecule has 0 saturated carbocycles. The minimum absolute atomic E-state index is 0.0383. The van der Waals surface area contributed by atoms with Gasteiger partial charge in [0, 0.05) is 7.05 Å². The third-order valence-corrected chi connectivity index (χ3v) is 2.32. The van der Waals surface area contributed by atoms with Gasteiger partial charge < -0.3 is 5.32 Å². The summed E-state index contributed by atoms with van der Waals surface area (Å²) in [7, 11) is 1.47. The Kier molecular flexibility index (Phi) is 3.40. The van der Waals surface area contributed by atoms with Gasteiger partial charge in [-0.1, -0.05) is 0 Å². The number of nitrogens with one attached hydrogen (secondary N) is 1. The van der Waals surface area contributed by atoms with Crippen LogP contribution in [-0.2, 0) is 11.3 Å². The zero-order valence-corrected chi connectivity index (χ0v) is 9.37. The lowest BCUT2D eigenvalue weighted by Gasteiger charge is -2.07. The van der Waals surface area contributed by atoms with Gasteiger partial charge in [-0.05, 0) is 19.4 Å². The van der Waals surface area contributed by atoms with Crippen LogP contribution in [0.1, 0.15) is 16.8 Å². The lowest BCUT2D eigenvalue weighted by Crippen LogP contribution is -2.34. The first-order valence-corrected chi connectivity index (χ1v) is 4.70. The molecule has 1 N–H and O–H groups in total. The van der Waals surface area contributed by atoms with E-state index in [0.29, 0.717) is 11.3 Å². The van der Waals surface area contributed by atoms with Gasteiger partial charge in [0.1, 0.15) is 18.2 Å². The van der Waals surface area contributed by atoms with Gasteiger partial charge in [-0.15, -0.1) is 0 Å². The van der Waals surface area contributed by atoms with Crippen molar-refractivity contribution in [3.8, 4) is 6.07 Å². The monoisotopic (exact) mass is 220 g/mol. The number of nitriles is 1. The van der Waals surface area contributed by atoms with Crippen molar-refractivity contribution in [1.29, 1.82) is 5.26 Å². The average Bonchev–Trinajstić information content (AvgIpc) is 2.26. The molecule has 0 aliphatic carbocycles. The summed E-state index contributed by atoms with van der Waals surface area (Å²) in [5, 5.41) is 15.2. The fraction of sp³-hybridized carbons (Fsp3) is 0.400. The first-order chi connectivity index (χ1) is 7.51. The Morgan fingerprint density at radius 3 is 2.69 bits per heavy atom. The SMILES string of the molecule is CNC(=O)Cn1nc(C)c(C)c(C#N)c1=O. The minimum Gasteiger partial charge on any atom is -0.358 e. The number of carbonyl (C=O) groups excluding carboxylic acids is 1. The van der Waals surface area contributed by atoms with Crippen LogP contribution in [-0.4, -0.2) is 22.7 Å². The van der Waals surface area contributed by atoms with Crippen LogP contribution < -0.4 is 10.9 Å². The largest absolute Gasteiger partial charge is 0.358 e. The van der Waals surface area contributed by atoms with Crippen LogP contribution in [0.5, 0.6) is 0 Å². The molecule has 84 valence electrons. The van der Waals surface area contributed by atoms with Gasteiger partial charge in [0.25, 0.3) is 5.56 Å². The average molecular weight is 220 g/mol. The zero-order valence-electron chi connectivity index (χ0n) is 9.37. The number of aryl methyl sites for hydroxylation is 1. The van der Waals surface area contributed by atoms with Crippen LogP contribution >= 0.6 is 0 Å². The summed E-state index contributed by atoms with van der Waals surface area (Å²) in [6.45, 7) is 3.17. The Bertz CT molecular complexity index is 525. The van der Waals surface area contributed by atoms with Crippen molar-refractivity contribution in [2.24, 2.45) is 0 Å². The molecule has 1 amide bonds. The van der Waals surface area contributed by atoms with Crippen LogP contribution in [0.25, 0.3) is 0 Å². The van der Waals surface area contributed by atoms with Crippen LogP contribution in [0.3, 0.4) is 0 Å². The van der Waals surface area contributed by atoms with Crippen molar-refractivity contribution in [3.63, 3.8) is 0 Å². The molecule has 0 saturated heterocycles. The molecule has 0 bridgehead atoms. The number of carbonyl (C=O) groups is 1. The molecule has 6 nitrogen and oxygen atoms in total. The highest BCUT2D eigenvalue weighted by Gasteiger charge is 2.12. The normalized spacial score (nSPS) is 9.62. The molecule has 0 radical (unpaired) electrons. The van der Waals surface area contributed by atoms with E-state index in [-0.39, 0.29) is 18.0 Å². The lowest BCUT2D eigenvalue weighted by atomic mass is 10.1. The second-order valence-corrected chi connectivity index (χ2v) is 3.33. The van der Waals surface area contributed by atoms with Crippen LogP contribution in [0.2, 0.25) is 0 Å². The van der Waals surface area contributed by atoms with E-state index in [0.717, 1.165) is 4.68 Å². The Balaban J connectivity index is 3.34. The first-order valence-electron chi connectivity index (χ1n) is 4.70. The smallest absolute Gasteiger partial charge is 0.285 e. The summed E-state index contributed by atoms with van der Waals surface area (Å²) in [5.74, 6) is -0.332. The van der Waals surface area contributed by atoms with Crippen molar-refractivity contribution < 1.29 is 4.79 Å². The maximum atomic E-state index is 11.7. The molecule has 0 atom stereocenters. The molecule has 1 aromatic rings. The topological polar surface area (TPSA) is 87.8 Å². The summed E-state index contributed by atoms with van der Waals surface area (Å²) < 4.78 is 1.000. The van der Waals surface area contributed by atoms with Crippen molar-refractivity contribution in [2.75, 3.05) is 7.05 Å². The quantitative estimate of drug-likeness (QED) is 0.726. The second-order valence-electron chi connectivity index (χ2n) is 3.33. The molecule has 1 heterocycles. The van der Waals surface area contributed by atoms with E-state index in [4.69, 9.17) is 5.26 Å². The van der Waals surface area contributed by atoms with Crippen molar-refractivity contribution in [1.82, 2.24) is 15.1 Å². The third-order valence-electron chi connectivity index (χ3n) is 2.32. The minimum atomic E-state index is -0.533. The standard InChI is InChI=1S/C10H12N4O2/c1-6-7(2)13-14(5-9(15)12-3)10(16)8(6)4-11/h5H2,1-3H3,(H,12,15). The molecule has 0 aliphatic rings. The molecule has 1 rings (SSSR count). The fourth-order valence-electron chi connectivity index (χ4n) is 1.23. The number of hydrogen-bond donors (Lipinski definition) is 1. The lowest BCUT2D eigenvalue weighted by molar-refractivity contribution is -0.121. The van der Waals surface area contributed by atoms with Gasteiger partial charge in [0.15, 0.2) is 0 Å². The first kappa shape index (κ1) is 11.9. The van der Waals surface area contributed by atoms with E-state index in [9.17, 15) is 9.59 Å². The summed E-state index contributed by atoms with van der Waals surface area (Å²) in [6.07, 6.45) is 0. The second kappa shape index (κ2) is 4.57. The van der Waals surface area contributed by atoms with E-state index < -0.39 is 5.56 Å². The van der Waals surface area contributed by atoms with E-state index >= 15 is 0 Å². The fourth-order valence-corrected chi connectivity index (χ4v) is 1.23. The highest BCUT2D eigenvalue weighted by molar-refractivity contribution is 5.75. The molecule has 0 unspecified atom stereocenters. The van der Waals surface area contributed by atoms with Gasteiger partial charge in [-0.25, -0.2) is 4.68 Å². The summed E-state index contributed by atoms with van der Waals surface area (Å²) in [6, 6.07) is 1.83. The highest BCUT2D eigenvalue weighted by atomic mass is 16.2. The van der Waals surface area contributed by atoms with Gasteiger partial charge in [0.05, 0.1) is 5.69 Å². The Labute approximate surface area is 92.5 Å². The van der Waals surface area contributed by atoms with Gasteiger partial charge in [-0.2, -0.15) is 10.4 Å². The molecule has 6 heteroatoms. The molecule has 0 spiro atoms. The van der Waals surface area contributed by atoms with Crippen molar-refractivity contribution in [3.05, 3.63) is 27.2 Å². The molecular weight excluding hydrogens is 208 g/mol. The number of likely N-dealkylation sites (N-methyl/N-ethyl adjacent to an activating group) is 1. The zero-order chi connectivity index (χ0) is 12.3. The summed E-state index contributed by atoms with van der Waals surface area (Å²) in [5.41, 5.74) is 0.631. The van der Waals surface area contributed by atoms with E-state index in [1.54, 1.807) is 13.8 Å². The predicted octanol–water partition coefficient (Wildman–Crippen LogP) is -0.522. The number of rotatable bonds is 2. The number of aromatic nitrogens is 2. The van der Waals surface area contributed by atoms with Crippen LogP contribution in [0, 0.1) is 25.2 Å². The molecule has 1 aromatic heterocycles. The Hall–Kier alpha value is -2.16. The third kappa shape index (κ3) is 2.08. The highest BCUT2D eigenvalue weighted by Crippen LogP contribution is 2.04. The number of amides is 1. The predicted molar refractivity (Wildman–Crippen MR) is 56.8 cm³/mol. The van der Waals surface area contributed by atoms with Crippen molar-refractivity contribution in [2.45, 2.75) is 20.4 Å². The molecule has 0 aliphatic heterocycles. The molecule has 16 heavy (non-hydrogen) atoms. The summed E-state index contributed by atoms with van der Waals surface area (Å²) in [4.78, 5) is 22.9. The van der Waals surface area contributed by atoms with Gasteiger partial charge in [0.2, 0.25) is 5.91 Å². The van der Waals surface area contributed by atoms with Gasteiger partial charge >= 0.3 is 0 Å². The van der Waals surface area contributed by atoms with E-state index in [1.165, 1.54) is 7.05 Å². The maximum absolute atomic E-state index is 11.7. The van der Waals surface area contributed by atoms with E-state index in [2.05, 4.69) is 10.4 Å².